The Labute approximate surface area is 168 Å². The van der Waals surface area contributed by atoms with Crippen molar-refractivity contribution < 1.29 is 14.5 Å². The number of benzene rings is 2. The molecule has 148 valence electrons. The highest BCUT2D eigenvalue weighted by Gasteiger charge is 2.21. The Morgan fingerprint density at radius 1 is 1.04 bits per heavy atom. The molecule has 28 heavy (non-hydrogen) atoms. The SMILES string of the molecule is O=C(CCCOc1ccc(Cl)cc1)N1CCN(c2ccc([N+](=O)[O-])cc2)CC1. The average Bonchev–Trinajstić information content (AvgIpc) is 2.72. The zero-order chi connectivity index (χ0) is 19.9. The molecule has 0 atom stereocenters. The molecule has 3 rings (SSSR count). The van der Waals surface area contributed by atoms with Crippen LogP contribution in [-0.4, -0.2) is 48.5 Å². The third kappa shape index (κ3) is 5.36. The molecule has 0 unspecified atom stereocenters. The van der Waals surface area contributed by atoms with Gasteiger partial charge in [-0.15, -0.1) is 0 Å². The Hall–Kier alpha value is -2.80. The van der Waals surface area contributed by atoms with E-state index in [-0.39, 0.29) is 11.6 Å². The molecular weight excluding hydrogens is 382 g/mol. The van der Waals surface area contributed by atoms with Crippen molar-refractivity contribution in [1.82, 2.24) is 4.90 Å². The molecule has 0 spiro atoms. The number of nitro groups is 1. The third-order valence-corrected chi connectivity index (χ3v) is 4.93. The summed E-state index contributed by atoms with van der Waals surface area (Å²) in [4.78, 5) is 26.7. The fraction of sp³-hybridized carbons (Fsp3) is 0.350. The summed E-state index contributed by atoms with van der Waals surface area (Å²) in [5.41, 5.74) is 1.02. The van der Waals surface area contributed by atoms with Crippen LogP contribution >= 0.6 is 11.6 Å². The minimum absolute atomic E-state index is 0.0818. The van der Waals surface area contributed by atoms with Crippen LogP contribution in [0.15, 0.2) is 48.5 Å². The summed E-state index contributed by atoms with van der Waals surface area (Å²) in [6, 6.07) is 13.7. The molecule has 0 aliphatic carbocycles. The average molecular weight is 404 g/mol. The number of piperazine rings is 1. The molecule has 0 N–H and O–H groups in total. The zero-order valence-corrected chi connectivity index (χ0v) is 16.2. The van der Waals surface area contributed by atoms with Crippen molar-refractivity contribution in [1.29, 1.82) is 0 Å². The van der Waals surface area contributed by atoms with Gasteiger partial charge in [0.15, 0.2) is 0 Å². The number of ether oxygens (including phenoxy) is 1. The predicted octanol–water partition coefficient (Wildman–Crippen LogP) is 3.76. The minimum atomic E-state index is -0.406. The van der Waals surface area contributed by atoms with E-state index in [0.717, 1.165) is 11.4 Å². The van der Waals surface area contributed by atoms with Gasteiger partial charge in [0.25, 0.3) is 5.69 Å². The van der Waals surface area contributed by atoms with E-state index in [1.54, 1.807) is 24.3 Å². The van der Waals surface area contributed by atoms with Gasteiger partial charge in [0.2, 0.25) is 5.91 Å². The van der Waals surface area contributed by atoms with E-state index in [4.69, 9.17) is 16.3 Å². The Balaban J connectivity index is 1.38. The van der Waals surface area contributed by atoms with Gasteiger partial charge in [0.05, 0.1) is 11.5 Å². The van der Waals surface area contributed by atoms with E-state index < -0.39 is 4.92 Å². The van der Waals surface area contributed by atoms with Crippen LogP contribution in [0.4, 0.5) is 11.4 Å². The van der Waals surface area contributed by atoms with Crippen LogP contribution < -0.4 is 9.64 Å². The van der Waals surface area contributed by atoms with Crippen molar-refractivity contribution in [2.75, 3.05) is 37.7 Å². The molecule has 2 aromatic carbocycles. The molecule has 0 bridgehead atoms. The van der Waals surface area contributed by atoms with Crippen LogP contribution in [0.2, 0.25) is 5.02 Å². The van der Waals surface area contributed by atoms with Gasteiger partial charge in [-0.05, 0) is 42.8 Å². The Morgan fingerprint density at radius 2 is 1.68 bits per heavy atom. The van der Waals surface area contributed by atoms with E-state index >= 15 is 0 Å². The van der Waals surface area contributed by atoms with Crippen molar-refractivity contribution in [3.63, 3.8) is 0 Å². The smallest absolute Gasteiger partial charge is 0.269 e. The summed E-state index contributed by atoms with van der Waals surface area (Å²) in [5, 5.41) is 11.4. The first kappa shape index (κ1) is 19.9. The van der Waals surface area contributed by atoms with Gasteiger partial charge >= 0.3 is 0 Å². The van der Waals surface area contributed by atoms with Crippen LogP contribution in [0.1, 0.15) is 12.8 Å². The van der Waals surface area contributed by atoms with Crippen molar-refractivity contribution in [3.05, 3.63) is 63.7 Å². The fourth-order valence-corrected chi connectivity index (χ4v) is 3.23. The quantitative estimate of drug-likeness (QED) is 0.399. The van der Waals surface area contributed by atoms with Gasteiger partial charge in [-0.3, -0.25) is 14.9 Å². The zero-order valence-electron chi connectivity index (χ0n) is 15.4. The molecule has 1 amide bonds. The number of non-ortho nitro benzene ring substituents is 1. The minimum Gasteiger partial charge on any atom is -0.494 e. The summed E-state index contributed by atoms with van der Waals surface area (Å²) in [6.45, 7) is 3.20. The number of halogens is 1. The number of hydrogen-bond acceptors (Lipinski definition) is 5. The number of amides is 1. The monoisotopic (exact) mass is 403 g/mol. The lowest BCUT2D eigenvalue weighted by molar-refractivity contribution is -0.384. The van der Waals surface area contributed by atoms with Gasteiger partial charge in [0.1, 0.15) is 5.75 Å². The maximum absolute atomic E-state index is 12.4. The fourth-order valence-electron chi connectivity index (χ4n) is 3.10. The molecule has 0 radical (unpaired) electrons. The van der Waals surface area contributed by atoms with Crippen molar-refractivity contribution in [2.45, 2.75) is 12.8 Å². The maximum atomic E-state index is 12.4. The standard InChI is InChI=1S/C20H22ClN3O4/c21-16-3-9-19(10-4-16)28-15-1-2-20(25)23-13-11-22(12-14-23)17-5-7-18(8-6-17)24(26)27/h3-10H,1-2,11-15H2. The highest BCUT2D eigenvalue weighted by Crippen LogP contribution is 2.21. The summed E-state index contributed by atoms with van der Waals surface area (Å²) >= 11 is 5.83. The second-order valence-corrected chi connectivity index (χ2v) is 6.98. The summed E-state index contributed by atoms with van der Waals surface area (Å²) in [7, 11) is 0. The molecule has 1 aliphatic rings. The highest BCUT2D eigenvalue weighted by molar-refractivity contribution is 6.30. The van der Waals surface area contributed by atoms with Crippen molar-refractivity contribution in [3.8, 4) is 5.75 Å². The topological polar surface area (TPSA) is 75.9 Å². The second-order valence-electron chi connectivity index (χ2n) is 6.55. The van der Waals surface area contributed by atoms with E-state index in [0.29, 0.717) is 50.7 Å². The van der Waals surface area contributed by atoms with E-state index in [9.17, 15) is 14.9 Å². The summed E-state index contributed by atoms with van der Waals surface area (Å²) in [5.74, 6) is 0.872. The molecule has 1 heterocycles. The number of carbonyl (C=O) groups excluding carboxylic acids is 1. The molecule has 1 fully saturated rings. The number of carbonyl (C=O) groups is 1. The number of anilines is 1. The molecule has 0 saturated carbocycles. The predicted molar refractivity (Wildman–Crippen MR) is 108 cm³/mol. The third-order valence-electron chi connectivity index (χ3n) is 4.68. The first-order valence-electron chi connectivity index (χ1n) is 9.18. The normalized spacial score (nSPS) is 14.0. The van der Waals surface area contributed by atoms with E-state index in [2.05, 4.69) is 4.90 Å². The number of rotatable bonds is 7. The molecular formula is C20H22ClN3O4. The van der Waals surface area contributed by atoms with Crippen molar-refractivity contribution in [2.24, 2.45) is 0 Å². The maximum Gasteiger partial charge on any atom is 0.269 e. The lowest BCUT2D eigenvalue weighted by Crippen LogP contribution is -2.48. The number of hydrogen-bond donors (Lipinski definition) is 0. The van der Waals surface area contributed by atoms with Gasteiger partial charge in [-0.25, -0.2) is 0 Å². The summed E-state index contributed by atoms with van der Waals surface area (Å²) < 4.78 is 5.61. The lowest BCUT2D eigenvalue weighted by atomic mass is 10.2. The number of nitrogens with zero attached hydrogens (tertiary/aromatic N) is 3. The molecule has 1 saturated heterocycles. The Morgan fingerprint density at radius 3 is 2.29 bits per heavy atom. The van der Waals surface area contributed by atoms with Crippen LogP contribution in [0.25, 0.3) is 0 Å². The van der Waals surface area contributed by atoms with Gasteiger partial charge < -0.3 is 14.5 Å². The van der Waals surface area contributed by atoms with Crippen LogP contribution in [-0.2, 0) is 4.79 Å². The summed E-state index contributed by atoms with van der Waals surface area (Å²) in [6.07, 6.45) is 1.11. The van der Waals surface area contributed by atoms with E-state index in [1.807, 2.05) is 17.0 Å². The van der Waals surface area contributed by atoms with Gasteiger partial charge in [-0.2, -0.15) is 0 Å². The lowest BCUT2D eigenvalue weighted by Gasteiger charge is -2.36. The van der Waals surface area contributed by atoms with Crippen LogP contribution in [0.3, 0.4) is 0 Å². The Bertz CT molecular complexity index is 803. The highest BCUT2D eigenvalue weighted by atomic mass is 35.5. The first-order valence-corrected chi connectivity index (χ1v) is 9.56. The molecule has 1 aliphatic heterocycles. The molecule has 2 aromatic rings. The second kappa shape index (κ2) is 9.41. The van der Waals surface area contributed by atoms with E-state index in [1.165, 1.54) is 12.1 Å². The molecule has 7 nitrogen and oxygen atoms in total. The number of nitro benzene ring substituents is 1. The molecule has 8 heteroatoms. The van der Waals surface area contributed by atoms with Crippen LogP contribution in [0, 0.1) is 10.1 Å². The van der Waals surface area contributed by atoms with Gasteiger partial charge in [-0.1, -0.05) is 11.6 Å². The Kier molecular flexibility index (Phi) is 6.71. The van der Waals surface area contributed by atoms with Crippen molar-refractivity contribution >= 4 is 28.9 Å². The van der Waals surface area contributed by atoms with Crippen LogP contribution in [0.5, 0.6) is 5.75 Å². The largest absolute Gasteiger partial charge is 0.494 e. The molecule has 0 aromatic heterocycles. The van der Waals surface area contributed by atoms with Gasteiger partial charge in [0, 0.05) is 55.4 Å². The first-order chi connectivity index (χ1) is 13.5.